The number of nitrogens with one attached hydrogen (secondary N) is 1. The topological polar surface area (TPSA) is 92.7 Å². The minimum atomic E-state index is -3.73. The van der Waals surface area contributed by atoms with Crippen LogP contribution < -0.4 is 10.1 Å². The average molecular weight is 524 g/mol. The first-order valence-electron chi connectivity index (χ1n) is 13.1. The lowest BCUT2D eigenvalue weighted by Gasteiger charge is -2.19. The third-order valence-corrected chi connectivity index (χ3v) is 8.00. The maximum atomic E-state index is 13.0. The number of benzene rings is 3. The maximum absolute atomic E-state index is 13.0. The molecule has 0 fully saturated rings. The molecule has 198 valence electrons. The number of ether oxygens (including phenoxy) is 1. The van der Waals surface area contributed by atoms with E-state index in [1.165, 1.54) is 68.5 Å². The molecule has 0 spiro atoms. The van der Waals surface area contributed by atoms with Crippen LogP contribution in [0.5, 0.6) is 11.5 Å². The van der Waals surface area contributed by atoms with Crippen molar-refractivity contribution in [1.82, 2.24) is 0 Å². The van der Waals surface area contributed by atoms with E-state index in [9.17, 15) is 18.3 Å². The van der Waals surface area contributed by atoms with Gasteiger partial charge in [-0.1, -0.05) is 70.1 Å². The highest BCUT2D eigenvalue weighted by Crippen LogP contribution is 2.25. The second-order valence-corrected chi connectivity index (χ2v) is 11.1. The number of carbonyl (C=O) groups excluding carboxylic acids is 1. The molecule has 0 aromatic heterocycles. The van der Waals surface area contributed by atoms with E-state index >= 15 is 0 Å². The van der Waals surface area contributed by atoms with E-state index in [2.05, 4.69) is 12.2 Å². The summed E-state index contributed by atoms with van der Waals surface area (Å²) >= 11 is 0. The molecule has 37 heavy (non-hydrogen) atoms. The zero-order valence-electron chi connectivity index (χ0n) is 21.4. The summed E-state index contributed by atoms with van der Waals surface area (Å²) in [6.07, 6.45) is 9.17. The van der Waals surface area contributed by atoms with Crippen molar-refractivity contribution < 1.29 is 23.1 Å². The summed E-state index contributed by atoms with van der Waals surface area (Å²) in [5, 5.41) is 12.4. The Kier molecular flexibility index (Phi) is 11.0. The van der Waals surface area contributed by atoms with Gasteiger partial charge in [-0.05, 0) is 73.5 Å². The molecular formula is C30H37NO5S. The summed E-state index contributed by atoms with van der Waals surface area (Å²) in [5.74, 6) is 0.200. The molecule has 1 amide bonds. The van der Waals surface area contributed by atoms with Crippen LogP contribution in [0.15, 0.2) is 88.7 Å². The lowest BCUT2D eigenvalue weighted by atomic mass is 10.1. The average Bonchev–Trinajstić information content (AvgIpc) is 2.90. The van der Waals surface area contributed by atoms with Crippen molar-refractivity contribution in [3.63, 3.8) is 0 Å². The SMILES string of the molecule is CCCCCCCCCCC(Oc1ccc(S(=O)(=O)c2ccc(O)cc2)cc1)C(=O)Nc1ccccc1. The van der Waals surface area contributed by atoms with Crippen LogP contribution in [0.25, 0.3) is 0 Å². The Morgan fingerprint density at radius 2 is 1.32 bits per heavy atom. The number of para-hydroxylation sites is 1. The van der Waals surface area contributed by atoms with Gasteiger partial charge in [0, 0.05) is 5.69 Å². The maximum Gasteiger partial charge on any atom is 0.265 e. The van der Waals surface area contributed by atoms with Crippen molar-refractivity contribution in [2.45, 2.75) is 80.6 Å². The Balaban J connectivity index is 1.64. The Morgan fingerprint density at radius 3 is 1.92 bits per heavy atom. The van der Waals surface area contributed by atoms with E-state index in [4.69, 9.17) is 4.74 Å². The van der Waals surface area contributed by atoms with Crippen molar-refractivity contribution >= 4 is 21.4 Å². The zero-order chi connectivity index (χ0) is 26.5. The predicted molar refractivity (Wildman–Crippen MR) is 147 cm³/mol. The first-order chi connectivity index (χ1) is 17.9. The minimum absolute atomic E-state index is 0.000915. The van der Waals surface area contributed by atoms with Gasteiger partial charge >= 0.3 is 0 Å². The Bertz CT molecular complexity index is 1190. The number of hydrogen-bond acceptors (Lipinski definition) is 5. The molecule has 0 aliphatic heterocycles. The lowest BCUT2D eigenvalue weighted by molar-refractivity contribution is -0.123. The fourth-order valence-corrected chi connectivity index (χ4v) is 5.34. The molecule has 3 aromatic carbocycles. The number of sulfone groups is 1. The van der Waals surface area contributed by atoms with E-state index in [0.29, 0.717) is 17.9 Å². The summed E-state index contributed by atoms with van der Waals surface area (Å²) < 4.78 is 31.8. The van der Waals surface area contributed by atoms with Crippen LogP contribution in [0.4, 0.5) is 5.69 Å². The fourth-order valence-electron chi connectivity index (χ4n) is 4.07. The molecule has 7 heteroatoms. The molecule has 0 heterocycles. The Labute approximate surface area is 220 Å². The normalized spacial score (nSPS) is 12.1. The second-order valence-electron chi connectivity index (χ2n) is 9.19. The first-order valence-corrected chi connectivity index (χ1v) is 14.5. The van der Waals surface area contributed by atoms with E-state index < -0.39 is 15.9 Å². The molecule has 0 aliphatic carbocycles. The van der Waals surface area contributed by atoms with Gasteiger partial charge in [-0.15, -0.1) is 0 Å². The molecule has 0 saturated heterocycles. The zero-order valence-corrected chi connectivity index (χ0v) is 22.3. The fraction of sp³-hybridized carbons (Fsp3) is 0.367. The number of aromatic hydroxyl groups is 1. The van der Waals surface area contributed by atoms with Gasteiger partial charge in [-0.3, -0.25) is 4.79 Å². The van der Waals surface area contributed by atoms with Gasteiger partial charge < -0.3 is 15.2 Å². The van der Waals surface area contributed by atoms with Crippen molar-refractivity contribution in [1.29, 1.82) is 0 Å². The van der Waals surface area contributed by atoms with E-state index in [1.807, 2.05) is 30.3 Å². The van der Waals surface area contributed by atoms with E-state index in [0.717, 1.165) is 19.3 Å². The van der Waals surface area contributed by atoms with Gasteiger partial charge in [0.2, 0.25) is 9.84 Å². The van der Waals surface area contributed by atoms with Gasteiger partial charge in [0.1, 0.15) is 11.5 Å². The summed E-state index contributed by atoms with van der Waals surface area (Å²) in [6, 6.07) is 20.8. The molecular weight excluding hydrogens is 486 g/mol. The number of amides is 1. The third-order valence-electron chi connectivity index (χ3n) is 6.21. The number of hydrogen-bond donors (Lipinski definition) is 2. The van der Waals surface area contributed by atoms with Crippen molar-refractivity contribution in [3.05, 3.63) is 78.9 Å². The number of rotatable bonds is 15. The summed E-state index contributed by atoms with van der Waals surface area (Å²) in [6.45, 7) is 2.21. The van der Waals surface area contributed by atoms with Crippen LogP contribution in [0, 0.1) is 0 Å². The van der Waals surface area contributed by atoms with Gasteiger partial charge in [0.15, 0.2) is 6.10 Å². The first kappa shape index (κ1) is 28.3. The quantitative estimate of drug-likeness (QED) is 0.207. The van der Waals surface area contributed by atoms with Gasteiger partial charge in [-0.25, -0.2) is 8.42 Å². The highest BCUT2D eigenvalue weighted by atomic mass is 32.2. The largest absolute Gasteiger partial charge is 0.508 e. The number of phenols is 1. The van der Waals surface area contributed by atoms with Crippen molar-refractivity contribution in [2.24, 2.45) is 0 Å². The van der Waals surface area contributed by atoms with Crippen LogP contribution in [-0.2, 0) is 14.6 Å². The second kappa shape index (κ2) is 14.4. The molecule has 0 bridgehead atoms. The summed E-state index contributed by atoms with van der Waals surface area (Å²) in [5.41, 5.74) is 0.701. The monoisotopic (exact) mass is 523 g/mol. The van der Waals surface area contributed by atoms with Crippen LogP contribution >= 0.6 is 0 Å². The summed E-state index contributed by atoms with van der Waals surface area (Å²) in [4.78, 5) is 13.2. The van der Waals surface area contributed by atoms with Gasteiger partial charge in [0.05, 0.1) is 9.79 Å². The Hall–Kier alpha value is -3.32. The highest BCUT2D eigenvalue weighted by Gasteiger charge is 2.22. The van der Waals surface area contributed by atoms with E-state index in [-0.39, 0.29) is 21.4 Å². The number of unbranched alkanes of at least 4 members (excludes halogenated alkanes) is 7. The molecule has 3 rings (SSSR count). The van der Waals surface area contributed by atoms with Crippen LogP contribution in [0.2, 0.25) is 0 Å². The predicted octanol–water partition coefficient (Wildman–Crippen LogP) is 7.14. The Morgan fingerprint density at radius 1 is 0.784 bits per heavy atom. The highest BCUT2D eigenvalue weighted by molar-refractivity contribution is 7.91. The van der Waals surface area contributed by atoms with Gasteiger partial charge in [0.25, 0.3) is 5.91 Å². The molecule has 6 nitrogen and oxygen atoms in total. The van der Waals surface area contributed by atoms with Crippen LogP contribution in [0.3, 0.4) is 0 Å². The molecule has 1 atom stereocenters. The van der Waals surface area contributed by atoms with Crippen LogP contribution in [0.1, 0.15) is 64.7 Å². The third kappa shape index (κ3) is 8.93. The van der Waals surface area contributed by atoms with E-state index in [1.54, 1.807) is 12.1 Å². The molecule has 0 saturated carbocycles. The molecule has 2 N–H and O–H groups in total. The lowest BCUT2D eigenvalue weighted by Crippen LogP contribution is -2.33. The minimum Gasteiger partial charge on any atom is -0.508 e. The molecule has 1 unspecified atom stereocenters. The van der Waals surface area contributed by atoms with Crippen LogP contribution in [-0.4, -0.2) is 25.5 Å². The number of carbonyl (C=O) groups is 1. The molecule has 3 aromatic rings. The standard InChI is InChI=1S/C30H37NO5S/c1-2-3-4-5-6-7-8-12-15-29(30(33)31-24-13-10-9-11-14-24)36-26-18-22-28(23-19-26)37(34,35)27-20-16-25(32)17-21-27/h9-11,13-14,16-23,29,32H,2-8,12,15H2,1H3,(H,31,33). The number of anilines is 1. The number of phenolic OH excluding ortho intramolecular Hbond substituents is 1. The van der Waals surface area contributed by atoms with Crippen molar-refractivity contribution in [3.8, 4) is 11.5 Å². The summed E-state index contributed by atoms with van der Waals surface area (Å²) in [7, 11) is -3.73. The smallest absolute Gasteiger partial charge is 0.265 e. The van der Waals surface area contributed by atoms with Gasteiger partial charge in [-0.2, -0.15) is 0 Å². The molecule has 0 radical (unpaired) electrons. The molecule has 0 aliphatic rings. The van der Waals surface area contributed by atoms with Crippen molar-refractivity contribution in [2.75, 3.05) is 5.32 Å².